The van der Waals surface area contributed by atoms with Crippen LogP contribution in [0.15, 0.2) is 12.7 Å². The molecule has 1 unspecified atom stereocenters. The van der Waals surface area contributed by atoms with E-state index in [9.17, 15) is 9.90 Å². The Morgan fingerprint density at radius 2 is 2.15 bits per heavy atom. The van der Waals surface area contributed by atoms with Crippen molar-refractivity contribution in [2.45, 2.75) is 39.2 Å². The maximum absolute atomic E-state index is 10.7. The van der Waals surface area contributed by atoms with Crippen molar-refractivity contribution in [3.8, 4) is 0 Å². The standard InChI is InChI=1S/C10H18O3/c1-4-5-6-7-8(11)10(2,3)9(12)13/h4,8,11H,1,5-7H2,2-3H3,(H,12,13). The van der Waals surface area contributed by atoms with Crippen LogP contribution in [0.1, 0.15) is 33.1 Å². The Morgan fingerprint density at radius 3 is 2.54 bits per heavy atom. The van der Waals surface area contributed by atoms with Gasteiger partial charge in [0.05, 0.1) is 11.5 Å². The maximum atomic E-state index is 10.7. The second-order valence-electron chi connectivity index (χ2n) is 3.76. The number of carboxylic acids is 1. The lowest BCUT2D eigenvalue weighted by atomic mass is 9.84. The Hall–Kier alpha value is -0.830. The molecular formula is C10H18O3. The van der Waals surface area contributed by atoms with Crippen LogP contribution in [-0.2, 0) is 4.79 Å². The van der Waals surface area contributed by atoms with Crippen molar-refractivity contribution < 1.29 is 15.0 Å². The van der Waals surface area contributed by atoms with Gasteiger partial charge in [0, 0.05) is 0 Å². The minimum absolute atomic E-state index is 0.505. The summed E-state index contributed by atoms with van der Waals surface area (Å²) in [5.41, 5.74) is -1.05. The highest BCUT2D eigenvalue weighted by Crippen LogP contribution is 2.24. The summed E-state index contributed by atoms with van der Waals surface area (Å²) in [5.74, 6) is -0.960. The number of carboxylic acid groups (broad SMARTS) is 1. The third-order valence-corrected chi connectivity index (χ3v) is 2.27. The first kappa shape index (κ1) is 12.2. The van der Waals surface area contributed by atoms with E-state index in [1.54, 1.807) is 6.08 Å². The molecule has 0 radical (unpaired) electrons. The molecule has 0 heterocycles. The molecule has 0 aliphatic carbocycles. The Balaban J connectivity index is 4.01. The smallest absolute Gasteiger partial charge is 0.311 e. The van der Waals surface area contributed by atoms with Crippen LogP contribution >= 0.6 is 0 Å². The van der Waals surface area contributed by atoms with E-state index in [0.29, 0.717) is 6.42 Å². The maximum Gasteiger partial charge on any atom is 0.311 e. The van der Waals surface area contributed by atoms with Crippen LogP contribution in [0, 0.1) is 5.41 Å². The summed E-state index contributed by atoms with van der Waals surface area (Å²) in [4.78, 5) is 10.7. The minimum Gasteiger partial charge on any atom is -0.481 e. The molecule has 0 rings (SSSR count). The van der Waals surface area contributed by atoms with Crippen molar-refractivity contribution >= 4 is 5.97 Å². The largest absolute Gasteiger partial charge is 0.481 e. The van der Waals surface area contributed by atoms with Gasteiger partial charge in [-0.1, -0.05) is 6.08 Å². The van der Waals surface area contributed by atoms with Crippen molar-refractivity contribution in [2.24, 2.45) is 5.41 Å². The fourth-order valence-electron chi connectivity index (χ4n) is 0.959. The quantitative estimate of drug-likeness (QED) is 0.491. The average molecular weight is 186 g/mol. The zero-order valence-corrected chi connectivity index (χ0v) is 8.29. The Bertz CT molecular complexity index is 185. The van der Waals surface area contributed by atoms with Gasteiger partial charge in [0.25, 0.3) is 0 Å². The number of aliphatic hydroxyl groups excluding tert-OH is 1. The van der Waals surface area contributed by atoms with Crippen LogP contribution in [0.3, 0.4) is 0 Å². The number of carbonyl (C=O) groups is 1. The van der Waals surface area contributed by atoms with E-state index in [1.807, 2.05) is 0 Å². The van der Waals surface area contributed by atoms with Gasteiger partial charge in [0.15, 0.2) is 0 Å². The molecule has 1 atom stereocenters. The van der Waals surface area contributed by atoms with Gasteiger partial charge in [-0.3, -0.25) is 4.79 Å². The zero-order chi connectivity index (χ0) is 10.5. The molecule has 0 spiro atoms. The monoisotopic (exact) mass is 186 g/mol. The predicted octanol–water partition coefficient (Wildman–Crippen LogP) is 1.81. The van der Waals surface area contributed by atoms with Crippen LogP contribution in [0.25, 0.3) is 0 Å². The Labute approximate surface area is 79.1 Å². The van der Waals surface area contributed by atoms with Gasteiger partial charge >= 0.3 is 5.97 Å². The molecule has 0 bridgehead atoms. The Morgan fingerprint density at radius 1 is 1.62 bits per heavy atom. The fraction of sp³-hybridized carbons (Fsp3) is 0.700. The highest BCUT2D eigenvalue weighted by Gasteiger charge is 2.34. The predicted molar refractivity (Wildman–Crippen MR) is 51.5 cm³/mol. The second kappa shape index (κ2) is 5.02. The lowest BCUT2D eigenvalue weighted by Crippen LogP contribution is -2.36. The molecule has 0 saturated heterocycles. The third kappa shape index (κ3) is 3.59. The molecule has 76 valence electrons. The average Bonchev–Trinajstić information content (AvgIpc) is 2.04. The molecule has 0 saturated carbocycles. The van der Waals surface area contributed by atoms with Gasteiger partial charge < -0.3 is 10.2 Å². The number of rotatable bonds is 6. The van der Waals surface area contributed by atoms with Crippen LogP contribution in [-0.4, -0.2) is 22.3 Å². The summed E-state index contributed by atoms with van der Waals surface area (Å²) in [7, 11) is 0. The first-order valence-corrected chi connectivity index (χ1v) is 4.45. The number of aliphatic carboxylic acids is 1. The summed E-state index contributed by atoms with van der Waals surface area (Å²) >= 11 is 0. The van der Waals surface area contributed by atoms with Crippen LogP contribution in [0.4, 0.5) is 0 Å². The van der Waals surface area contributed by atoms with Crippen molar-refractivity contribution in [1.29, 1.82) is 0 Å². The number of hydrogen-bond donors (Lipinski definition) is 2. The molecule has 0 aromatic heterocycles. The van der Waals surface area contributed by atoms with Crippen LogP contribution in [0.2, 0.25) is 0 Å². The number of aliphatic hydroxyl groups is 1. The highest BCUT2D eigenvalue weighted by atomic mass is 16.4. The Kier molecular flexibility index (Phi) is 4.70. The van der Waals surface area contributed by atoms with Crippen LogP contribution in [0.5, 0.6) is 0 Å². The SMILES string of the molecule is C=CCCCC(O)C(C)(C)C(=O)O. The summed E-state index contributed by atoms with van der Waals surface area (Å²) in [6.07, 6.45) is 3.07. The normalized spacial score (nSPS) is 13.8. The van der Waals surface area contributed by atoms with Gasteiger partial charge in [-0.15, -0.1) is 6.58 Å². The van der Waals surface area contributed by atoms with Crippen molar-refractivity contribution in [2.75, 3.05) is 0 Å². The lowest BCUT2D eigenvalue weighted by Gasteiger charge is -2.25. The molecule has 0 amide bonds. The third-order valence-electron chi connectivity index (χ3n) is 2.27. The van der Waals surface area contributed by atoms with Crippen molar-refractivity contribution in [1.82, 2.24) is 0 Å². The first-order chi connectivity index (χ1) is 5.92. The molecule has 13 heavy (non-hydrogen) atoms. The summed E-state index contributed by atoms with van der Waals surface area (Å²) in [6, 6.07) is 0. The van der Waals surface area contributed by atoms with E-state index in [2.05, 4.69) is 6.58 Å². The molecule has 0 aromatic carbocycles. The summed E-state index contributed by atoms with van der Waals surface area (Å²) in [5, 5.41) is 18.3. The molecule has 0 aliphatic heterocycles. The number of unbranched alkanes of at least 4 members (excludes halogenated alkanes) is 1. The summed E-state index contributed by atoms with van der Waals surface area (Å²) < 4.78 is 0. The minimum atomic E-state index is -1.05. The van der Waals surface area contributed by atoms with Crippen molar-refractivity contribution in [3.63, 3.8) is 0 Å². The van der Waals surface area contributed by atoms with Crippen LogP contribution < -0.4 is 0 Å². The van der Waals surface area contributed by atoms with Gasteiger partial charge in [0.1, 0.15) is 0 Å². The van der Waals surface area contributed by atoms with E-state index in [-0.39, 0.29) is 0 Å². The van der Waals surface area contributed by atoms with E-state index < -0.39 is 17.5 Å². The lowest BCUT2D eigenvalue weighted by molar-refractivity contribution is -0.153. The van der Waals surface area contributed by atoms with E-state index in [4.69, 9.17) is 5.11 Å². The van der Waals surface area contributed by atoms with Gasteiger partial charge in [0.2, 0.25) is 0 Å². The zero-order valence-electron chi connectivity index (χ0n) is 8.29. The molecular weight excluding hydrogens is 168 g/mol. The molecule has 3 heteroatoms. The summed E-state index contributed by atoms with van der Waals surface area (Å²) in [6.45, 7) is 6.63. The van der Waals surface area contributed by atoms with Gasteiger partial charge in [-0.05, 0) is 33.1 Å². The van der Waals surface area contributed by atoms with E-state index >= 15 is 0 Å². The molecule has 0 fully saturated rings. The molecule has 0 aromatic rings. The van der Waals surface area contributed by atoms with Crippen molar-refractivity contribution in [3.05, 3.63) is 12.7 Å². The van der Waals surface area contributed by atoms with Gasteiger partial charge in [-0.2, -0.15) is 0 Å². The molecule has 3 nitrogen and oxygen atoms in total. The van der Waals surface area contributed by atoms with E-state index in [0.717, 1.165) is 12.8 Å². The first-order valence-electron chi connectivity index (χ1n) is 4.45. The molecule has 0 aliphatic rings. The second-order valence-corrected chi connectivity index (χ2v) is 3.76. The molecule has 2 N–H and O–H groups in total. The number of allylic oxidation sites excluding steroid dienone is 1. The fourth-order valence-corrected chi connectivity index (χ4v) is 0.959. The highest BCUT2D eigenvalue weighted by molar-refractivity contribution is 5.74. The topological polar surface area (TPSA) is 57.5 Å². The van der Waals surface area contributed by atoms with E-state index in [1.165, 1.54) is 13.8 Å². The van der Waals surface area contributed by atoms with Gasteiger partial charge in [-0.25, -0.2) is 0 Å². The number of hydrogen-bond acceptors (Lipinski definition) is 2.